The highest BCUT2D eigenvalue weighted by Gasteiger charge is 2.16. The molecule has 0 bridgehead atoms. The first-order valence-electron chi connectivity index (χ1n) is 4.52. The van der Waals surface area contributed by atoms with Crippen molar-refractivity contribution < 1.29 is 9.90 Å². The molecular weight excluding hydrogens is 198 g/mol. The molecule has 0 fully saturated rings. The minimum Gasteiger partial charge on any atom is -0.506 e. The molecule has 0 saturated heterocycles. The van der Waals surface area contributed by atoms with Crippen molar-refractivity contribution in [2.75, 3.05) is 14.1 Å². The summed E-state index contributed by atoms with van der Waals surface area (Å²) in [5.74, 6) is -0.0377. The molecule has 1 amide bonds. The number of hydrogen-bond donors (Lipinski definition) is 1. The first kappa shape index (κ1) is 13.0. The number of thiophene rings is 1. The standard InChI is InChI=1S/C8H11NO2S.C2H6/c1-5-4-12-7(6(5)10)8(11)9(2)3;1-2/h4,10H,1-3H3;1-2H3. The van der Waals surface area contributed by atoms with Gasteiger partial charge in [0.05, 0.1) is 0 Å². The second-order valence-electron chi connectivity index (χ2n) is 2.80. The van der Waals surface area contributed by atoms with Crippen molar-refractivity contribution in [1.29, 1.82) is 0 Å². The van der Waals surface area contributed by atoms with Crippen LogP contribution < -0.4 is 0 Å². The lowest BCUT2D eigenvalue weighted by atomic mass is 10.3. The van der Waals surface area contributed by atoms with Crippen molar-refractivity contribution in [3.05, 3.63) is 15.8 Å². The number of carbonyl (C=O) groups is 1. The topological polar surface area (TPSA) is 40.5 Å². The molecule has 0 unspecified atom stereocenters. The predicted octanol–water partition coefficient (Wildman–Crippen LogP) is 2.49. The van der Waals surface area contributed by atoms with Crippen LogP contribution in [-0.2, 0) is 0 Å². The van der Waals surface area contributed by atoms with Gasteiger partial charge >= 0.3 is 0 Å². The average molecular weight is 215 g/mol. The second-order valence-corrected chi connectivity index (χ2v) is 3.68. The highest BCUT2D eigenvalue weighted by Crippen LogP contribution is 2.28. The van der Waals surface area contributed by atoms with Crippen LogP contribution in [0.4, 0.5) is 0 Å². The third kappa shape index (κ3) is 2.73. The highest BCUT2D eigenvalue weighted by atomic mass is 32.1. The minimum atomic E-state index is -0.148. The molecule has 0 aliphatic rings. The molecule has 14 heavy (non-hydrogen) atoms. The molecule has 80 valence electrons. The van der Waals surface area contributed by atoms with Crippen LogP contribution >= 0.6 is 11.3 Å². The third-order valence-corrected chi connectivity index (χ3v) is 2.62. The molecule has 3 nitrogen and oxygen atoms in total. The van der Waals surface area contributed by atoms with Gasteiger partial charge in [0.2, 0.25) is 0 Å². The summed E-state index contributed by atoms with van der Waals surface area (Å²) >= 11 is 1.27. The number of aromatic hydroxyl groups is 1. The summed E-state index contributed by atoms with van der Waals surface area (Å²) in [6, 6.07) is 0. The van der Waals surface area contributed by atoms with Gasteiger partial charge in [-0.25, -0.2) is 0 Å². The fourth-order valence-electron chi connectivity index (χ4n) is 0.793. The lowest BCUT2D eigenvalue weighted by molar-refractivity contribution is 0.0829. The highest BCUT2D eigenvalue weighted by molar-refractivity contribution is 7.12. The summed E-state index contributed by atoms with van der Waals surface area (Å²) < 4.78 is 0. The Morgan fingerprint density at radius 3 is 2.21 bits per heavy atom. The zero-order chi connectivity index (χ0) is 11.3. The van der Waals surface area contributed by atoms with Crippen molar-refractivity contribution in [1.82, 2.24) is 4.90 Å². The molecule has 0 aliphatic heterocycles. The zero-order valence-electron chi connectivity index (χ0n) is 9.29. The first-order valence-corrected chi connectivity index (χ1v) is 5.40. The SMILES string of the molecule is CC.Cc1csc(C(=O)N(C)C)c1O. The molecule has 0 radical (unpaired) electrons. The molecule has 4 heteroatoms. The van der Waals surface area contributed by atoms with Crippen LogP contribution in [0, 0.1) is 6.92 Å². The molecule has 1 aromatic rings. The van der Waals surface area contributed by atoms with Gasteiger partial charge in [0.1, 0.15) is 10.6 Å². The van der Waals surface area contributed by atoms with E-state index in [1.807, 2.05) is 13.8 Å². The van der Waals surface area contributed by atoms with Crippen LogP contribution in [0.25, 0.3) is 0 Å². The van der Waals surface area contributed by atoms with Crippen LogP contribution in [0.15, 0.2) is 5.38 Å². The fourth-order valence-corrected chi connectivity index (χ4v) is 1.76. The summed E-state index contributed by atoms with van der Waals surface area (Å²) in [6.45, 7) is 5.78. The summed E-state index contributed by atoms with van der Waals surface area (Å²) in [6.07, 6.45) is 0. The van der Waals surface area contributed by atoms with E-state index in [1.165, 1.54) is 16.2 Å². The van der Waals surface area contributed by atoms with E-state index >= 15 is 0 Å². The monoisotopic (exact) mass is 215 g/mol. The van der Waals surface area contributed by atoms with Gasteiger partial charge in [-0.15, -0.1) is 11.3 Å². The van der Waals surface area contributed by atoms with E-state index in [4.69, 9.17) is 0 Å². The molecule has 1 rings (SSSR count). The number of hydrogen-bond acceptors (Lipinski definition) is 3. The molecule has 0 aromatic carbocycles. The summed E-state index contributed by atoms with van der Waals surface area (Å²) in [5.41, 5.74) is 0.755. The van der Waals surface area contributed by atoms with Crippen LogP contribution in [0.1, 0.15) is 29.1 Å². The first-order chi connectivity index (χ1) is 6.54. The van der Waals surface area contributed by atoms with Crippen LogP contribution in [0.3, 0.4) is 0 Å². The Bertz CT molecular complexity index is 305. The van der Waals surface area contributed by atoms with Gasteiger partial charge in [-0.05, 0) is 12.3 Å². The third-order valence-electron chi connectivity index (χ3n) is 1.54. The van der Waals surface area contributed by atoms with Gasteiger partial charge in [0.25, 0.3) is 5.91 Å². The van der Waals surface area contributed by atoms with Crippen molar-refractivity contribution in [3.8, 4) is 5.75 Å². The van der Waals surface area contributed by atoms with E-state index in [-0.39, 0.29) is 11.7 Å². The van der Waals surface area contributed by atoms with Crippen molar-refractivity contribution in [2.45, 2.75) is 20.8 Å². The zero-order valence-corrected chi connectivity index (χ0v) is 10.1. The Morgan fingerprint density at radius 1 is 1.43 bits per heavy atom. The number of aryl methyl sites for hydroxylation is 1. The molecule has 0 aliphatic carbocycles. The average Bonchev–Trinajstić information content (AvgIpc) is 2.50. The maximum atomic E-state index is 11.4. The predicted molar refractivity (Wildman–Crippen MR) is 60.1 cm³/mol. The Morgan fingerprint density at radius 2 is 1.93 bits per heavy atom. The lowest BCUT2D eigenvalue weighted by Crippen LogP contribution is -2.20. The van der Waals surface area contributed by atoms with Gasteiger partial charge in [-0.3, -0.25) is 4.79 Å². The molecule has 1 heterocycles. The van der Waals surface area contributed by atoms with Gasteiger partial charge in [0.15, 0.2) is 0 Å². The number of nitrogens with zero attached hydrogens (tertiary/aromatic N) is 1. The summed E-state index contributed by atoms with van der Waals surface area (Å²) in [7, 11) is 3.33. The maximum Gasteiger partial charge on any atom is 0.267 e. The van der Waals surface area contributed by atoms with Gasteiger partial charge in [0, 0.05) is 19.7 Å². The number of carbonyl (C=O) groups excluding carboxylic acids is 1. The maximum absolute atomic E-state index is 11.4. The smallest absolute Gasteiger partial charge is 0.267 e. The van der Waals surface area contributed by atoms with E-state index in [0.29, 0.717) is 4.88 Å². The van der Waals surface area contributed by atoms with E-state index in [2.05, 4.69) is 0 Å². The number of rotatable bonds is 1. The van der Waals surface area contributed by atoms with Crippen LogP contribution in [0.2, 0.25) is 0 Å². The van der Waals surface area contributed by atoms with Gasteiger partial charge < -0.3 is 10.0 Å². The van der Waals surface area contributed by atoms with Crippen LogP contribution in [0.5, 0.6) is 5.75 Å². The van der Waals surface area contributed by atoms with E-state index in [9.17, 15) is 9.90 Å². The van der Waals surface area contributed by atoms with Crippen molar-refractivity contribution in [2.24, 2.45) is 0 Å². The van der Waals surface area contributed by atoms with Gasteiger partial charge in [-0.2, -0.15) is 0 Å². The second kappa shape index (κ2) is 5.65. The Labute approximate surface area is 89.0 Å². The van der Waals surface area contributed by atoms with E-state index < -0.39 is 0 Å². The molecule has 0 atom stereocenters. The molecule has 1 aromatic heterocycles. The summed E-state index contributed by atoms with van der Waals surface area (Å²) in [5, 5.41) is 11.2. The number of amides is 1. The van der Waals surface area contributed by atoms with Crippen LogP contribution in [-0.4, -0.2) is 30.0 Å². The molecule has 1 N–H and O–H groups in total. The quantitative estimate of drug-likeness (QED) is 0.782. The van der Waals surface area contributed by atoms with Crippen molar-refractivity contribution in [3.63, 3.8) is 0 Å². The summed E-state index contributed by atoms with van der Waals surface area (Å²) in [4.78, 5) is 13.2. The largest absolute Gasteiger partial charge is 0.506 e. The fraction of sp³-hybridized carbons (Fsp3) is 0.500. The van der Waals surface area contributed by atoms with E-state index in [1.54, 1.807) is 26.4 Å². The normalized spacial score (nSPS) is 8.93. The molecule has 0 spiro atoms. The Kier molecular flexibility index (Phi) is 5.23. The Hall–Kier alpha value is -1.03. The van der Waals surface area contributed by atoms with Gasteiger partial charge in [-0.1, -0.05) is 13.8 Å². The molecular formula is C10H17NO2S. The van der Waals surface area contributed by atoms with E-state index in [0.717, 1.165) is 5.56 Å². The molecule has 0 saturated carbocycles. The minimum absolute atomic E-state index is 0.110. The van der Waals surface area contributed by atoms with Crippen molar-refractivity contribution >= 4 is 17.2 Å². The lowest BCUT2D eigenvalue weighted by Gasteiger charge is -2.08. The Balaban J connectivity index is 0.000000791.